The van der Waals surface area contributed by atoms with Crippen LogP contribution in [0.3, 0.4) is 0 Å². The molecule has 1 aliphatic heterocycles. The zero-order valence-electron chi connectivity index (χ0n) is 4.68. The number of carbonyl (C=O) groups excluding carboxylic acids is 2. The van der Waals surface area contributed by atoms with Gasteiger partial charge in [0.25, 0.3) is 0 Å². The Morgan fingerprint density at radius 1 is 1.30 bits per heavy atom. The monoisotopic (exact) mass is 142 g/mol. The number of rotatable bonds is 1. The lowest BCUT2D eigenvalue weighted by molar-refractivity contribution is -0.612. The lowest BCUT2D eigenvalue weighted by atomic mass is 10.6. The molecule has 0 bridgehead atoms. The van der Waals surface area contributed by atoms with Gasteiger partial charge in [-0.1, -0.05) is 0 Å². The Balaban J connectivity index is 2.90. The first-order valence-corrected chi connectivity index (χ1v) is 2.33. The van der Waals surface area contributed by atoms with E-state index in [-0.39, 0.29) is 5.01 Å². The van der Waals surface area contributed by atoms with Crippen LogP contribution in [0.1, 0.15) is 0 Å². The Labute approximate surface area is 54.8 Å². The fraction of sp³-hybridized carbons (Fsp3) is 0. The average Bonchev–Trinajstić information content (AvgIpc) is 2.11. The number of amides is 2. The summed E-state index contributed by atoms with van der Waals surface area (Å²) in [7, 11) is 0. The van der Waals surface area contributed by atoms with Gasteiger partial charge >= 0.3 is 11.8 Å². The van der Waals surface area contributed by atoms with Crippen LogP contribution in [-0.4, -0.2) is 21.9 Å². The quantitative estimate of drug-likeness (QED) is 0.270. The summed E-state index contributed by atoms with van der Waals surface area (Å²) in [5.41, 5.74) is 0. The first kappa shape index (κ1) is 6.40. The van der Waals surface area contributed by atoms with Gasteiger partial charge in [0.15, 0.2) is 5.03 Å². The van der Waals surface area contributed by atoms with Crippen molar-refractivity contribution in [2.45, 2.75) is 0 Å². The van der Waals surface area contributed by atoms with E-state index in [1.807, 2.05) is 0 Å². The third-order valence-electron chi connectivity index (χ3n) is 0.949. The molecule has 0 fully saturated rings. The molecule has 0 radical (unpaired) electrons. The molecule has 52 valence electrons. The van der Waals surface area contributed by atoms with Crippen molar-refractivity contribution in [3.8, 4) is 0 Å². The van der Waals surface area contributed by atoms with Gasteiger partial charge in [-0.25, -0.2) is 10.1 Å². The summed E-state index contributed by atoms with van der Waals surface area (Å²) in [6.07, 6.45) is 1.70. The second-order valence-corrected chi connectivity index (χ2v) is 1.56. The first-order valence-electron chi connectivity index (χ1n) is 2.33. The maximum absolute atomic E-state index is 10.4. The molecule has 1 rings (SSSR count). The van der Waals surface area contributed by atoms with Gasteiger partial charge in [0.05, 0.1) is 0 Å². The Morgan fingerprint density at radius 2 is 1.70 bits per heavy atom. The van der Waals surface area contributed by atoms with Crippen molar-refractivity contribution in [1.29, 1.82) is 0 Å². The van der Waals surface area contributed by atoms with Crippen LogP contribution in [0.4, 0.5) is 0 Å². The van der Waals surface area contributed by atoms with Crippen molar-refractivity contribution in [2.75, 3.05) is 0 Å². The van der Waals surface area contributed by atoms with Crippen molar-refractivity contribution in [2.24, 2.45) is 0 Å². The Hall–Kier alpha value is -1.72. The molecular formula is C4H2N2O4. The van der Waals surface area contributed by atoms with Crippen molar-refractivity contribution in [1.82, 2.24) is 5.01 Å². The number of carbonyl (C=O) groups is 2. The van der Waals surface area contributed by atoms with Crippen LogP contribution in [0.25, 0.3) is 0 Å². The summed E-state index contributed by atoms with van der Waals surface area (Å²) in [5, 5.41) is 8.77. The molecule has 10 heavy (non-hydrogen) atoms. The molecule has 0 atom stereocenters. The van der Waals surface area contributed by atoms with Crippen LogP contribution >= 0.6 is 0 Å². The van der Waals surface area contributed by atoms with E-state index in [9.17, 15) is 19.7 Å². The predicted octanol–water partition coefficient (Wildman–Crippen LogP) is -0.897. The van der Waals surface area contributed by atoms with Crippen LogP contribution in [-0.2, 0) is 9.59 Å². The van der Waals surface area contributed by atoms with Gasteiger partial charge in [-0.05, 0) is 0 Å². The molecule has 6 nitrogen and oxygen atoms in total. The molecule has 0 saturated carbocycles. The van der Waals surface area contributed by atoms with E-state index in [2.05, 4.69) is 0 Å². The standard InChI is InChI=1S/C4H2N2O4/c7-3-1-2-4(8)5(3)6(9)10/h1-2H. The number of hydrazine groups is 1. The summed E-state index contributed by atoms with van der Waals surface area (Å²) >= 11 is 0. The van der Waals surface area contributed by atoms with Gasteiger partial charge in [-0.2, -0.15) is 0 Å². The van der Waals surface area contributed by atoms with Gasteiger partial charge in [0.2, 0.25) is 0 Å². The highest BCUT2D eigenvalue weighted by Crippen LogP contribution is 2.01. The zero-order chi connectivity index (χ0) is 7.72. The Morgan fingerprint density at radius 3 is 1.90 bits per heavy atom. The Kier molecular flexibility index (Phi) is 1.22. The smallest absolute Gasteiger partial charge is 0.263 e. The minimum atomic E-state index is -1.05. The van der Waals surface area contributed by atoms with Gasteiger partial charge in [-0.15, -0.1) is 0 Å². The number of imide groups is 1. The summed E-state index contributed by atoms with van der Waals surface area (Å²) in [6, 6.07) is 0. The molecule has 0 aromatic heterocycles. The summed E-state index contributed by atoms with van der Waals surface area (Å²) in [6.45, 7) is 0. The number of hydrogen-bond acceptors (Lipinski definition) is 4. The lowest BCUT2D eigenvalue weighted by Gasteiger charge is -1.98. The van der Waals surface area contributed by atoms with E-state index in [4.69, 9.17) is 0 Å². The van der Waals surface area contributed by atoms with Crippen molar-refractivity contribution >= 4 is 11.8 Å². The third-order valence-corrected chi connectivity index (χ3v) is 0.949. The topological polar surface area (TPSA) is 80.5 Å². The highest BCUT2D eigenvalue weighted by Gasteiger charge is 2.33. The molecule has 6 heteroatoms. The SMILES string of the molecule is O=C1C=CC(=O)N1[N+](=O)[O-]. The minimum absolute atomic E-state index is 0.0556. The van der Waals surface area contributed by atoms with Crippen LogP contribution in [0.15, 0.2) is 12.2 Å². The second kappa shape index (κ2) is 1.90. The van der Waals surface area contributed by atoms with Gasteiger partial charge in [0.1, 0.15) is 0 Å². The van der Waals surface area contributed by atoms with E-state index in [0.29, 0.717) is 0 Å². The van der Waals surface area contributed by atoms with E-state index < -0.39 is 16.8 Å². The van der Waals surface area contributed by atoms with Crippen LogP contribution in [0.2, 0.25) is 0 Å². The fourth-order valence-electron chi connectivity index (χ4n) is 0.553. The van der Waals surface area contributed by atoms with Crippen molar-refractivity contribution in [3.05, 3.63) is 22.3 Å². The van der Waals surface area contributed by atoms with E-state index in [0.717, 1.165) is 12.2 Å². The lowest BCUT2D eigenvalue weighted by Crippen LogP contribution is -2.35. The summed E-state index contributed by atoms with van der Waals surface area (Å²) in [5.74, 6) is -1.81. The van der Waals surface area contributed by atoms with E-state index >= 15 is 0 Å². The van der Waals surface area contributed by atoms with Gasteiger partial charge < -0.3 is 0 Å². The molecule has 2 amide bonds. The normalized spacial score (nSPS) is 16.6. The number of nitrogens with zero attached hydrogens (tertiary/aromatic N) is 2. The summed E-state index contributed by atoms with van der Waals surface area (Å²) < 4.78 is 0. The van der Waals surface area contributed by atoms with Gasteiger partial charge in [0, 0.05) is 17.2 Å². The molecule has 0 spiro atoms. The van der Waals surface area contributed by atoms with Crippen molar-refractivity contribution in [3.63, 3.8) is 0 Å². The van der Waals surface area contributed by atoms with Crippen LogP contribution in [0, 0.1) is 10.1 Å². The van der Waals surface area contributed by atoms with E-state index in [1.54, 1.807) is 0 Å². The van der Waals surface area contributed by atoms with Crippen LogP contribution < -0.4 is 0 Å². The molecule has 1 aliphatic rings. The molecular weight excluding hydrogens is 140 g/mol. The molecule has 1 heterocycles. The first-order chi connectivity index (χ1) is 4.63. The maximum Gasteiger partial charge on any atom is 0.316 e. The molecule has 0 aromatic carbocycles. The predicted molar refractivity (Wildman–Crippen MR) is 28.0 cm³/mol. The fourth-order valence-corrected chi connectivity index (χ4v) is 0.553. The minimum Gasteiger partial charge on any atom is -0.263 e. The van der Waals surface area contributed by atoms with Crippen molar-refractivity contribution < 1.29 is 14.6 Å². The van der Waals surface area contributed by atoms with Gasteiger partial charge in [-0.3, -0.25) is 9.59 Å². The second-order valence-electron chi connectivity index (χ2n) is 1.56. The summed E-state index contributed by atoms with van der Waals surface area (Å²) in [4.78, 5) is 30.7. The molecule has 0 unspecified atom stereocenters. The molecule has 0 N–H and O–H groups in total. The molecule has 0 saturated heterocycles. The van der Waals surface area contributed by atoms with Crippen LogP contribution in [0.5, 0.6) is 0 Å². The average molecular weight is 142 g/mol. The third kappa shape index (κ3) is 0.750. The number of hydrogen-bond donors (Lipinski definition) is 0. The number of nitro groups is 1. The zero-order valence-corrected chi connectivity index (χ0v) is 4.68. The highest BCUT2D eigenvalue weighted by molar-refractivity contribution is 6.11. The molecule has 0 aromatic rings. The maximum atomic E-state index is 10.4. The highest BCUT2D eigenvalue weighted by atomic mass is 16.7. The molecule has 0 aliphatic carbocycles. The largest absolute Gasteiger partial charge is 0.316 e. The van der Waals surface area contributed by atoms with E-state index in [1.165, 1.54) is 0 Å². The Bertz CT molecular complexity index is 226.